The minimum atomic E-state index is -0.632. The normalized spacial score (nSPS) is 15.1. The summed E-state index contributed by atoms with van der Waals surface area (Å²) in [5.41, 5.74) is 25.1. The molecule has 1 atom stereocenters. The maximum atomic E-state index is 3.67. The van der Waals surface area contributed by atoms with Crippen LogP contribution in [0, 0.1) is 0 Å². The highest BCUT2D eigenvalue weighted by molar-refractivity contribution is 6.04. The molecule has 0 amide bonds. The highest BCUT2D eigenvalue weighted by Gasteiger charge is 2.54. The number of fused-ring (bicyclic) bond motifs is 11. The largest absolute Gasteiger partial charge is 0.310 e. The van der Waals surface area contributed by atoms with Crippen LogP contribution in [-0.2, 0) is 5.41 Å². The molecule has 1 spiro atoms. The van der Waals surface area contributed by atoms with Gasteiger partial charge in [-0.3, -0.25) is 0 Å². The third kappa shape index (κ3) is 5.38. The Morgan fingerprint density at radius 3 is 1.64 bits per heavy atom. The van der Waals surface area contributed by atoms with E-state index in [1.807, 2.05) is 6.08 Å². The summed E-state index contributed by atoms with van der Waals surface area (Å²) < 4.78 is 0. The molecule has 0 aromatic heterocycles. The van der Waals surface area contributed by atoms with Crippen molar-refractivity contribution in [3.8, 4) is 22.3 Å². The Kier molecular flexibility index (Phi) is 8.02. The number of anilines is 6. The van der Waals surface area contributed by atoms with Crippen LogP contribution in [0.25, 0.3) is 38.6 Å². The fourth-order valence-corrected chi connectivity index (χ4v) is 10.1. The summed E-state index contributed by atoms with van der Waals surface area (Å²) in [6, 6.07) is 79.5. The van der Waals surface area contributed by atoms with Crippen LogP contribution in [0.5, 0.6) is 0 Å². The zero-order chi connectivity index (χ0) is 40.3. The molecule has 0 saturated heterocycles. The van der Waals surface area contributed by atoms with Gasteiger partial charge in [0.1, 0.15) is 0 Å². The topological polar surface area (TPSA) is 6.48 Å². The van der Waals surface area contributed by atoms with Crippen LogP contribution in [0.15, 0.2) is 248 Å². The van der Waals surface area contributed by atoms with Gasteiger partial charge in [0.2, 0.25) is 0 Å². The molecule has 61 heavy (non-hydrogen) atoms. The third-order valence-corrected chi connectivity index (χ3v) is 12.7. The molecule has 3 aliphatic rings. The second kappa shape index (κ2) is 14.0. The maximum absolute atomic E-state index is 3.67. The summed E-state index contributed by atoms with van der Waals surface area (Å²) in [4.78, 5) is 4.83. The van der Waals surface area contributed by atoms with Crippen LogP contribution in [0.4, 0.5) is 34.1 Å². The molecular formula is C59H38N2. The van der Waals surface area contributed by atoms with Gasteiger partial charge in [-0.15, -0.1) is 0 Å². The molecule has 0 fully saturated rings. The van der Waals surface area contributed by atoms with E-state index in [4.69, 9.17) is 0 Å². The number of hydrogen-bond acceptors (Lipinski definition) is 2. The van der Waals surface area contributed by atoms with Crippen molar-refractivity contribution in [1.29, 1.82) is 0 Å². The second-order valence-corrected chi connectivity index (χ2v) is 15.9. The predicted octanol–water partition coefficient (Wildman–Crippen LogP) is 15.4. The molecule has 9 aromatic rings. The van der Waals surface area contributed by atoms with Gasteiger partial charge >= 0.3 is 0 Å². The predicted molar refractivity (Wildman–Crippen MR) is 254 cm³/mol. The van der Waals surface area contributed by atoms with E-state index in [1.165, 1.54) is 49.7 Å². The Bertz CT molecular complexity index is 3280. The average molecular weight is 775 g/mol. The fraction of sp³-hybridized carbons (Fsp3) is 0.0169. The molecule has 3 aliphatic carbocycles. The summed E-state index contributed by atoms with van der Waals surface area (Å²) in [6.45, 7) is 0. The highest BCUT2D eigenvalue weighted by Crippen LogP contribution is 2.65. The lowest BCUT2D eigenvalue weighted by Gasteiger charge is -2.34. The van der Waals surface area contributed by atoms with Crippen LogP contribution >= 0.6 is 0 Å². The Labute approximate surface area is 356 Å². The Balaban J connectivity index is 1.17. The quantitative estimate of drug-likeness (QED) is 0.149. The minimum absolute atomic E-state index is 0.632. The molecule has 0 heterocycles. The van der Waals surface area contributed by atoms with E-state index in [-0.39, 0.29) is 0 Å². The summed E-state index contributed by atoms with van der Waals surface area (Å²) in [7, 11) is 0. The summed E-state index contributed by atoms with van der Waals surface area (Å²) in [5.74, 6) is 0. The smallest absolute Gasteiger partial charge is 0.0733 e. The van der Waals surface area contributed by atoms with Crippen molar-refractivity contribution in [3.63, 3.8) is 0 Å². The second-order valence-electron chi connectivity index (χ2n) is 15.9. The maximum Gasteiger partial charge on any atom is 0.0733 e. The van der Waals surface area contributed by atoms with Gasteiger partial charge in [0.15, 0.2) is 0 Å². The minimum Gasteiger partial charge on any atom is -0.310 e. The first-order valence-electron chi connectivity index (χ1n) is 20.9. The number of benzene rings is 9. The molecule has 0 saturated carbocycles. The molecule has 0 aliphatic heterocycles. The van der Waals surface area contributed by atoms with Crippen molar-refractivity contribution in [3.05, 3.63) is 270 Å². The molecule has 2 nitrogen and oxygen atoms in total. The molecule has 12 rings (SSSR count). The van der Waals surface area contributed by atoms with E-state index >= 15 is 0 Å². The van der Waals surface area contributed by atoms with Crippen molar-refractivity contribution < 1.29 is 0 Å². The third-order valence-electron chi connectivity index (χ3n) is 12.7. The number of rotatable bonds is 7. The summed E-state index contributed by atoms with van der Waals surface area (Å²) in [5, 5.41) is 2.43. The number of nitrogens with zero attached hydrogens (tertiary/aromatic N) is 2. The lowest BCUT2D eigenvalue weighted by Crippen LogP contribution is -2.27. The molecular weight excluding hydrogens is 737 g/mol. The van der Waals surface area contributed by atoms with Gasteiger partial charge in [-0.1, -0.05) is 157 Å². The Hall–Kier alpha value is -8.12. The van der Waals surface area contributed by atoms with Crippen LogP contribution < -0.4 is 9.80 Å². The van der Waals surface area contributed by atoms with Gasteiger partial charge in [-0.25, -0.2) is 0 Å². The van der Waals surface area contributed by atoms with Crippen LogP contribution in [-0.4, -0.2) is 0 Å². The molecule has 0 N–H and O–H groups in total. The monoisotopic (exact) mass is 774 g/mol. The molecule has 0 bridgehead atoms. The summed E-state index contributed by atoms with van der Waals surface area (Å²) >= 11 is 0. The van der Waals surface area contributed by atoms with Crippen molar-refractivity contribution in [2.75, 3.05) is 9.80 Å². The SMILES string of the molecule is C1=C=C2C(=CC=1)C1(c3cc(N(c4ccccc4)c4ccccc4)c(-c4ccccc4)cc32)c2ccccc2-c2ccc(N(c3ccccc3)c3ccc4ccccc4c3)cc21. The van der Waals surface area contributed by atoms with Crippen LogP contribution in [0.3, 0.4) is 0 Å². The van der Waals surface area contributed by atoms with Gasteiger partial charge in [-0.05, 0) is 140 Å². The zero-order valence-corrected chi connectivity index (χ0v) is 33.3. The van der Waals surface area contributed by atoms with Crippen LogP contribution in [0.1, 0.15) is 22.3 Å². The van der Waals surface area contributed by atoms with Gasteiger partial charge < -0.3 is 9.80 Å². The molecule has 1 unspecified atom stereocenters. The highest BCUT2D eigenvalue weighted by atomic mass is 15.1. The number of hydrogen-bond donors (Lipinski definition) is 0. The molecule has 284 valence electrons. The first-order valence-corrected chi connectivity index (χ1v) is 20.9. The lowest BCUT2D eigenvalue weighted by atomic mass is 9.69. The molecule has 0 radical (unpaired) electrons. The first-order chi connectivity index (χ1) is 30.3. The Morgan fingerprint density at radius 2 is 0.918 bits per heavy atom. The average Bonchev–Trinajstić information content (AvgIpc) is 3.79. The van der Waals surface area contributed by atoms with Crippen LogP contribution in [0.2, 0.25) is 0 Å². The van der Waals surface area contributed by atoms with E-state index in [9.17, 15) is 0 Å². The molecule has 2 heteroatoms. The van der Waals surface area contributed by atoms with E-state index in [2.05, 4.69) is 246 Å². The first kappa shape index (κ1) is 34.9. The van der Waals surface area contributed by atoms with E-state index in [0.717, 1.165) is 50.8 Å². The van der Waals surface area contributed by atoms with Gasteiger partial charge in [-0.2, -0.15) is 0 Å². The fourth-order valence-electron chi connectivity index (χ4n) is 10.1. The van der Waals surface area contributed by atoms with E-state index in [0.29, 0.717) is 0 Å². The number of allylic oxidation sites excluding steroid dienone is 4. The van der Waals surface area contributed by atoms with Gasteiger partial charge in [0, 0.05) is 39.6 Å². The van der Waals surface area contributed by atoms with Crippen molar-refractivity contribution in [2.45, 2.75) is 5.41 Å². The van der Waals surface area contributed by atoms with E-state index < -0.39 is 5.41 Å². The summed E-state index contributed by atoms with van der Waals surface area (Å²) in [6.07, 6.45) is 4.33. The Morgan fingerprint density at radius 1 is 0.361 bits per heavy atom. The van der Waals surface area contributed by atoms with Gasteiger partial charge in [0.05, 0.1) is 11.1 Å². The number of para-hydroxylation sites is 3. The molecule has 9 aromatic carbocycles. The van der Waals surface area contributed by atoms with Gasteiger partial charge in [0.25, 0.3) is 0 Å². The van der Waals surface area contributed by atoms with Crippen molar-refractivity contribution in [1.82, 2.24) is 0 Å². The zero-order valence-electron chi connectivity index (χ0n) is 33.3. The lowest BCUT2D eigenvalue weighted by molar-refractivity contribution is 0.794. The van der Waals surface area contributed by atoms with E-state index in [1.54, 1.807) is 0 Å². The standard InChI is InChI=1S/C59H38N2/c1-5-20-42(21-6-1)52-39-53-50-30-16-18-32-55(50)59(57(53)40-58(52)61(45-25-9-3-10-26-45)46-27-11-4-12-28-46)54-31-17-15-29-49(54)51-36-35-48(38-56(51)59)60(44-23-7-2-8-24-44)47-34-33-41-19-13-14-22-43(41)37-47/h1-15,17-29,31-40H. The van der Waals surface area contributed by atoms with Crippen molar-refractivity contribution >= 4 is 50.5 Å². The van der Waals surface area contributed by atoms with Crippen molar-refractivity contribution in [2.24, 2.45) is 0 Å².